The Kier molecular flexibility index (Phi) is 5.50. The Morgan fingerprint density at radius 3 is 2.14 bits per heavy atom. The first kappa shape index (κ1) is 20.6. The second-order valence-corrected chi connectivity index (χ2v) is 7.83. The molecule has 3 aromatic rings. The highest BCUT2D eigenvalue weighted by Crippen LogP contribution is 2.29. The maximum Gasteiger partial charge on any atom is 0.433 e. The molecule has 3 rings (SSSR count). The topological polar surface area (TPSA) is 46.9 Å². The smallest absolute Gasteiger partial charge is 0.326 e. The van der Waals surface area contributed by atoms with Gasteiger partial charge in [-0.05, 0) is 28.7 Å². The van der Waals surface area contributed by atoms with Crippen LogP contribution in [0.4, 0.5) is 24.8 Å². The average molecular weight is 401 g/mol. The molecule has 152 valence electrons. The lowest BCUT2D eigenvalue weighted by atomic mass is 9.87. The summed E-state index contributed by atoms with van der Waals surface area (Å²) < 4.78 is 40.8. The van der Waals surface area contributed by atoms with Gasteiger partial charge in [-0.3, -0.25) is 9.36 Å². The average Bonchev–Trinajstić information content (AvgIpc) is 2.64. The van der Waals surface area contributed by atoms with Crippen LogP contribution in [0, 0.1) is 0 Å². The van der Waals surface area contributed by atoms with Crippen molar-refractivity contribution in [3.63, 3.8) is 0 Å². The monoisotopic (exact) mass is 401 g/mol. The van der Waals surface area contributed by atoms with Crippen molar-refractivity contribution in [1.82, 2.24) is 9.55 Å². The first-order valence-corrected chi connectivity index (χ1v) is 9.14. The molecule has 0 aliphatic heterocycles. The summed E-state index contributed by atoms with van der Waals surface area (Å²) in [6.07, 6.45) is -4.71. The van der Waals surface area contributed by atoms with Crippen LogP contribution >= 0.6 is 0 Å². The quantitative estimate of drug-likeness (QED) is 0.641. The van der Waals surface area contributed by atoms with Crippen molar-refractivity contribution in [1.29, 1.82) is 0 Å². The summed E-state index contributed by atoms with van der Waals surface area (Å²) in [5.41, 5.74) is 0.364. The van der Waals surface area contributed by atoms with Gasteiger partial charge in [0.2, 0.25) is 5.95 Å². The number of benzene rings is 2. The van der Waals surface area contributed by atoms with Crippen molar-refractivity contribution in [2.45, 2.75) is 38.9 Å². The minimum atomic E-state index is -4.71. The molecule has 0 amide bonds. The zero-order valence-corrected chi connectivity index (χ0v) is 16.4. The lowest BCUT2D eigenvalue weighted by Gasteiger charge is -2.20. The van der Waals surface area contributed by atoms with Crippen molar-refractivity contribution >= 4 is 11.6 Å². The second-order valence-electron chi connectivity index (χ2n) is 7.83. The molecule has 0 saturated heterocycles. The lowest BCUT2D eigenvalue weighted by Crippen LogP contribution is -2.27. The Hall–Kier alpha value is -3.09. The predicted octanol–water partition coefficient (Wildman–Crippen LogP) is 5.35. The van der Waals surface area contributed by atoms with Gasteiger partial charge in [-0.25, -0.2) is 4.98 Å². The summed E-state index contributed by atoms with van der Waals surface area (Å²) >= 11 is 0. The molecule has 0 unspecified atom stereocenters. The van der Waals surface area contributed by atoms with Crippen LogP contribution < -0.4 is 10.9 Å². The molecule has 2 aromatic carbocycles. The van der Waals surface area contributed by atoms with Gasteiger partial charge in [0.05, 0.1) is 6.54 Å². The molecule has 0 spiro atoms. The molecule has 0 radical (unpaired) electrons. The van der Waals surface area contributed by atoms with Gasteiger partial charge in [0, 0.05) is 11.8 Å². The molecule has 0 fully saturated rings. The van der Waals surface area contributed by atoms with E-state index in [9.17, 15) is 18.0 Å². The number of alkyl halides is 3. The fraction of sp³-hybridized carbons (Fsp3) is 0.273. The van der Waals surface area contributed by atoms with E-state index in [4.69, 9.17) is 0 Å². The van der Waals surface area contributed by atoms with Crippen LogP contribution in [0.2, 0.25) is 0 Å². The Balaban J connectivity index is 2.02. The minimum Gasteiger partial charge on any atom is -0.326 e. The molecule has 29 heavy (non-hydrogen) atoms. The number of anilines is 2. The van der Waals surface area contributed by atoms with Crippen LogP contribution in [0.3, 0.4) is 0 Å². The van der Waals surface area contributed by atoms with Crippen molar-refractivity contribution in [2.75, 3.05) is 5.32 Å². The van der Waals surface area contributed by atoms with Crippen molar-refractivity contribution < 1.29 is 13.2 Å². The molecule has 0 aliphatic carbocycles. The van der Waals surface area contributed by atoms with Gasteiger partial charge in [0.25, 0.3) is 5.56 Å². The number of halogens is 3. The Morgan fingerprint density at radius 1 is 0.966 bits per heavy atom. The largest absolute Gasteiger partial charge is 0.433 e. The first-order chi connectivity index (χ1) is 13.5. The molecular weight excluding hydrogens is 379 g/mol. The van der Waals surface area contributed by atoms with Crippen molar-refractivity contribution in [2.24, 2.45) is 0 Å². The van der Waals surface area contributed by atoms with Crippen LogP contribution in [0.25, 0.3) is 0 Å². The number of hydrogen-bond donors (Lipinski definition) is 1. The summed E-state index contributed by atoms with van der Waals surface area (Å²) in [6.45, 7) is 6.32. The van der Waals surface area contributed by atoms with Crippen molar-refractivity contribution in [3.8, 4) is 0 Å². The Bertz CT molecular complexity index is 1030. The number of aromatic nitrogens is 2. The fourth-order valence-electron chi connectivity index (χ4n) is 2.85. The highest BCUT2D eigenvalue weighted by Gasteiger charge is 2.34. The fourth-order valence-corrected chi connectivity index (χ4v) is 2.85. The van der Waals surface area contributed by atoms with E-state index < -0.39 is 17.4 Å². The molecule has 1 N–H and O–H groups in total. The van der Waals surface area contributed by atoms with Crippen LogP contribution in [-0.4, -0.2) is 9.55 Å². The lowest BCUT2D eigenvalue weighted by molar-refractivity contribution is -0.141. The van der Waals surface area contributed by atoms with E-state index in [1.54, 1.807) is 36.4 Å². The Morgan fingerprint density at radius 2 is 1.59 bits per heavy atom. The molecule has 0 bridgehead atoms. The van der Waals surface area contributed by atoms with E-state index in [1.807, 2.05) is 18.2 Å². The first-order valence-electron chi connectivity index (χ1n) is 9.14. The van der Waals surface area contributed by atoms with Crippen LogP contribution in [0.15, 0.2) is 65.5 Å². The van der Waals surface area contributed by atoms with Crippen LogP contribution in [0.1, 0.15) is 37.6 Å². The summed E-state index contributed by atoms with van der Waals surface area (Å²) in [5, 5.41) is 2.88. The second kappa shape index (κ2) is 7.73. The molecule has 0 atom stereocenters. The molecule has 4 nitrogen and oxygen atoms in total. The summed E-state index contributed by atoms with van der Waals surface area (Å²) in [5.74, 6) is -0.155. The molecule has 0 saturated carbocycles. The molecule has 0 aliphatic rings. The maximum atomic E-state index is 13.2. The highest BCUT2D eigenvalue weighted by atomic mass is 19.4. The summed E-state index contributed by atoms with van der Waals surface area (Å²) in [7, 11) is 0. The zero-order chi connectivity index (χ0) is 21.2. The summed E-state index contributed by atoms with van der Waals surface area (Å²) in [6, 6.07) is 16.9. The SMILES string of the molecule is CC(C)(C)c1ccc(Nc2nc(C(F)(F)F)cc(=O)n2Cc2ccccc2)cc1. The minimum absolute atomic E-state index is 0.0532. The van der Waals surface area contributed by atoms with E-state index in [1.165, 1.54) is 4.57 Å². The van der Waals surface area contributed by atoms with Crippen LogP contribution in [-0.2, 0) is 18.1 Å². The van der Waals surface area contributed by atoms with E-state index in [0.717, 1.165) is 11.1 Å². The highest BCUT2D eigenvalue weighted by molar-refractivity contribution is 5.55. The van der Waals surface area contributed by atoms with Crippen molar-refractivity contribution in [3.05, 3.63) is 87.8 Å². The van der Waals surface area contributed by atoms with Gasteiger partial charge in [-0.1, -0.05) is 63.2 Å². The predicted molar refractivity (Wildman–Crippen MR) is 107 cm³/mol. The number of nitrogens with zero attached hydrogens (tertiary/aromatic N) is 2. The summed E-state index contributed by atoms with van der Waals surface area (Å²) in [4.78, 5) is 16.2. The van der Waals surface area contributed by atoms with E-state index >= 15 is 0 Å². The van der Waals surface area contributed by atoms with E-state index in [0.29, 0.717) is 11.8 Å². The molecule has 7 heteroatoms. The third-order valence-corrected chi connectivity index (χ3v) is 4.49. The Labute approximate surface area is 167 Å². The van der Waals surface area contributed by atoms with Gasteiger partial charge >= 0.3 is 6.18 Å². The van der Waals surface area contributed by atoms with Gasteiger partial charge < -0.3 is 5.32 Å². The van der Waals surface area contributed by atoms with Gasteiger partial charge in [0.1, 0.15) is 0 Å². The zero-order valence-electron chi connectivity index (χ0n) is 16.4. The third kappa shape index (κ3) is 5.04. The number of hydrogen-bond acceptors (Lipinski definition) is 3. The number of nitrogens with one attached hydrogen (secondary N) is 1. The van der Waals surface area contributed by atoms with E-state index in [-0.39, 0.29) is 17.9 Å². The molecule has 1 aromatic heterocycles. The maximum absolute atomic E-state index is 13.2. The van der Waals surface area contributed by atoms with Gasteiger partial charge in [-0.2, -0.15) is 13.2 Å². The molecule has 1 heterocycles. The normalized spacial score (nSPS) is 12.1. The van der Waals surface area contributed by atoms with Crippen LogP contribution in [0.5, 0.6) is 0 Å². The number of rotatable bonds is 4. The third-order valence-electron chi connectivity index (χ3n) is 4.49. The molecular formula is C22H22F3N3O. The van der Waals surface area contributed by atoms with E-state index in [2.05, 4.69) is 31.1 Å². The standard InChI is InChI=1S/C22H22F3N3O/c1-21(2,3)16-9-11-17(12-10-16)26-20-27-18(22(23,24)25)13-19(29)28(20)14-15-7-5-4-6-8-15/h4-13H,14H2,1-3H3,(H,26,27). The van der Waals surface area contributed by atoms with Gasteiger partial charge in [0.15, 0.2) is 5.69 Å². The van der Waals surface area contributed by atoms with Gasteiger partial charge in [-0.15, -0.1) is 0 Å².